The molecule has 1 atom stereocenters. The van der Waals surface area contributed by atoms with Crippen LogP contribution in [-0.2, 0) is 16.1 Å². The number of aromatic amines is 1. The molecule has 3 N–H and O–H groups in total. The smallest absolute Gasteiger partial charge is 0.328 e. The second-order valence-electron chi connectivity index (χ2n) is 5.27. The van der Waals surface area contributed by atoms with Crippen LogP contribution in [0.3, 0.4) is 0 Å². The van der Waals surface area contributed by atoms with Crippen LogP contribution >= 0.6 is 11.6 Å². The third-order valence-electron chi connectivity index (χ3n) is 3.69. The van der Waals surface area contributed by atoms with Gasteiger partial charge >= 0.3 is 11.7 Å². The van der Waals surface area contributed by atoms with E-state index in [1.54, 1.807) is 0 Å². The van der Waals surface area contributed by atoms with Gasteiger partial charge in [-0.05, 0) is 12.8 Å². The number of H-pyrrole nitrogens is 1. The molecule has 8 nitrogen and oxygen atoms in total. The van der Waals surface area contributed by atoms with E-state index in [0.717, 1.165) is 36.4 Å². The lowest BCUT2D eigenvalue weighted by Crippen LogP contribution is -2.47. The molecule has 1 aromatic heterocycles. The number of amides is 1. The maximum atomic E-state index is 12.0. The Morgan fingerprint density at radius 3 is 2.64 bits per heavy atom. The molecule has 0 radical (unpaired) electrons. The van der Waals surface area contributed by atoms with Gasteiger partial charge in [-0.3, -0.25) is 19.1 Å². The van der Waals surface area contributed by atoms with E-state index >= 15 is 0 Å². The topological polar surface area (TPSA) is 121 Å². The van der Waals surface area contributed by atoms with Crippen molar-refractivity contribution in [2.45, 2.75) is 38.3 Å². The van der Waals surface area contributed by atoms with Crippen LogP contribution in [0.25, 0.3) is 0 Å². The molecule has 0 bridgehead atoms. The summed E-state index contributed by atoms with van der Waals surface area (Å²) in [6.45, 7) is -0.316. The molecule has 0 spiro atoms. The summed E-state index contributed by atoms with van der Waals surface area (Å²) >= 11 is 5.62. The van der Waals surface area contributed by atoms with Gasteiger partial charge in [0.1, 0.15) is 11.1 Å². The van der Waals surface area contributed by atoms with E-state index in [9.17, 15) is 24.3 Å². The summed E-state index contributed by atoms with van der Waals surface area (Å²) in [7, 11) is 0. The lowest BCUT2D eigenvalue weighted by molar-refractivity contribution is -0.142. The molecule has 0 saturated heterocycles. The van der Waals surface area contributed by atoms with E-state index < -0.39 is 23.3 Å². The number of hydrogen-bond donors (Lipinski definition) is 3. The van der Waals surface area contributed by atoms with Crippen molar-refractivity contribution in [1.82, 2.24) is 14.9 Å². The van der Waals surface area contributed by atoms with Crippen molar-refractivity contribution in [1.29, 1.82) is 0 Å². The Morgan fingerprint density at radius 2 is 2.05 bits per heavy atom. The average molecular weight is 330 g/mol. The van der Waals surface area contributed by atoms with Crippen LogP contribution in [0.2, 0.25) is 5.02 Å². The molecule has 1 aliphatic carbocycles. The number of aromatic nitrogens is 2. The Labute approximate surface area is 130 Å². The van der Waals surface area contributed by atoms with E-state index in [4.69, 9.17) is 11.6 Å². The first-order valence-corrected chi connectivity index (χ1v) is 7.28. The first-order chi connectivity index (χ1) is 10.4. The van der Waals surface area contributed by atoms with Crippen molar-refractivity contribution in [3.05, 3.63) is 32.1 Å². The van der Waals surface area contributed by atoms with E-state index in [1.807, 2.05) is 4.98 Å². The fourth-order valence-electron chi connectivity index (χ4n) is 2.48. The number of carbonyl (C=O) groups excluding carboxylic acids is 1. The van der Waals surface area contributed by atoms with Gasteiger partial charge in [-0.25, -0.2) is 9.59 Å². The number of carboxylic acid groups (broad SMARTS) is 1. The highest BCUT2D eigenvalue weighted by Crippen LogP contribution is 2.24. The molecule has 120 valence electrons. The van der Waals surface area contributed by atoms with Gasteiger partial charge < -0.3 is 10.4 Å². The van der Waals surface area contributed by atoms with Crippen LogP contribution in [-0.4, -0.2) is 32.6 Å². The molecule has 1 amide bonds. The summed E-state index contributed by atoms with van der Waals surface area (Å²) in [6.07, 6.45) is 4.43. The van der Waals surface area contributed by atoms with Crippen LogP contribution in [0.15, 0.2) is 15.8 Å². The lowest BCUT2D eigenvalue weighted by atomic mass is 10.1. The highest BCUT2D eigenvalue weighted by molar-refractivity contribution is 6.30. The largest absolute Gasteiger partial charge is 0.480 e. The van der Waals surface area contributed by atoms with Crippen molar-refractivity contribution in [3.8, 4) is 0 Å². The lowest BCUT2D eigenvalue weighted by Gasteiger charge is -2.18. The molecule has 1 fully saturated rings. The zero-order chi connectivity index (χ0) is 16.3. The minimum Gasteiger partial charge on any atom is -0.480 e. The maximum absolute atomic E-state index is 12.0. The third kappa shape index (κ3) is 3.76. The van der Waals surface area contributed by atoms with Crippen LogP contribution in [0, 0.1) is 5.92 Å². The Bertz CT molecular complexity index is 690. The van der Waals surface area contributed by atoms with Crippen molar-refractivity contribution in [3.63, 3.8) is 0 Å². The van der Waals surface area contributed by atoms with Gasteiger partial charge in [0.25, 0.3) is 5.56 Å². The predicted molar refractivity (Wildman–Crippen MR) is 77.9 cm³/mol. The van der Waals surface area contributed by atoms with Crippen molar-refractivity contribution < 1.29 is 14.7 Å². The first-order valence-electron chi connectivity index (χ1n) is 6.91. The number of halogens is 1. The van der Waals surface area contributed by atoms with Crippen LogP contribution in [0.5, 0.6) is 0 Å². The predicted octanol–water partition coefficient (Wildman–Crippen LogP) is -0.0504. The van der Waals surface area contributed by atoms with Gasteiger partial charge in [0, 0.05) is 12.1 Å². The Kier molecular flexibility index (Phi) is 5.02. The fourth-order valence-corrected chi connectivity index (χ4v) is 2.64. The normalized spacial score (nSPS) is 16.4. The summed E-state index contributed by atoms with van der Waals surface area (Å²) in [5.41, 5.74) is -1.53. The molecule has 9 heteroatoms. The molecule has 0 aromatic carbocycles. The third-order valence-corrected chi connectivity index (χ3v) is 3.96. The van der Waals surface area contributed by atoms with Crippen molar-refractivity contribution >= 4 is 23.5 Å². The van der Waals surface area contributed by atoms with Gasteiger partial charge in [-0.1, -0.05) is 24.4 Å². The Balaban J connectivity index is 2.14. The second kappa shape index (κ2) is 6.78. The summed E-state index contributed by atoms with van der Waals surface area (Å²) in [5, 5.41) is 11.4. The number of rotatable bonds is 5. The zero-order valence-electron chi connectivity index (χ0n) is 11.7. The van der Waals surface area contributed by atoms with Crippen LogP contribution in [0.4, 0.5) is 0 Å². The molecule has 0 aliphatic heterocycles. The van der Waals surface area contributed by atoms with Crippen LogP contribution < -0.4 is 16.6 Å². The van der Waals surface area contributed by atoms with E-state index in [0.29, 0.717) is 0 Å². The minimum absolute atomic E-state index is 0.183. The number of carboxylic acids is 1. The maximum Gasteiger partial charge on any atom is 0.328 e. The van der Waals surface area contributed by atoms with Crippen LogP contribution in [0.1, 0.15) is 25.7 Å². The number of carbonyl (C=O) groups is 2. The van der Waals surface area contributed by atoms with Gasteiger partial charge in [0.15, 0.2) is 0 Å². The van der Waals surface area contributed by atoms with E-state index in [-0.39, 0.29) is 23.4 Å². The molecule has 2 rings (SSSR count). The number of nitrogens with one attached hydrogen (secondary N) is 2. The van der Waals surface area contributed by atoms with Gasteiger partial charge in [0.2, 0.25) is 5.91 Å². The number of nitrogens with zero attached hydrogens (tertiary/aromatic N) is 1. The molecule has 1 heterocycles. The molecule has 0 unspecified atom stereocenters. The number of hydrogen-bond acceptors (Lipinski definition) is 4. The SMILES string of the molecule is O=C(N[C@@H](Cn1cc(Cl)c(=O)[nH]c1=O)C(=O)O)C1CCCC1. The first kappa shape index (κ1) is 16.3. The summed E-state index contributed by atoms with van der Waals surface area (Å²) < 4.78 is 0.956. The quantitative estimate of drug-likeness (QED) is 0.699. The monoisotopic (exact) mass is 329 g/mol. The Morgan fingerprint density at radius 1 is 1.41 bits per heavy atom. The molecule has 22 heavy (non-hydrogen) atoms. The van der Waals surface area contributed by atoms with Gasteiger partial charge in [-0.2, -0.15) is 0 Å². The molecular formula is C13H16ClN3O5. The van der Waals surface area contributed by atoms with E-state index in [2.05, 4.69) is 5.32 Å². The minimum atomic E-state index is -1.27. The summed E-state index contributed by atoms with van der Waals surface area (Å²) in [6, 6.07) is -1.27. The van der Waals surface area contributed by atoms with Crippen molar-refractivity contribution in [2.75, 3.05) is 0 Å². The zero-order valence-corrected chi connectivity index (χ0v) is 12.4. The molecule has 1 saturated carbocycles. The highest BCUT2D eigenvalue weighted by atomic mass is 35.5. The Hall–Kier alpha value is -2.09. The molecule has 1 aromatic rings. The average Bonchev–Trinajstić information content (AvgIpc) is 2.97. The molecular weight excluding hydrogens is 314 g/mol. The van der Waals surface area contributed by atoms with Crippen molar-refractivity contribution in [2.24, 2.45) is 5.92 Å². The second-order valence-corrected chi connectivity index (χ2v) is 5.68. The standard InChI is InChI=1S/C13H16ClN3O5/c14-8-5-17(13(22)16-11(8)19)6-9(12(20)21)15-10(18)7-3-1-2-4-7/h5,7,9H,1-4,6H2,(H,15,18)(H,20,21)(H,16,19,22)/t9-/m0/s1. The highest BCUT2D eigenvalue weighted by Gasteiger charge is 2.28. The van der Waals surface area contributed by atoms with E-state index in [1.165, 1.54) is 0 Å². The number of aliphatic carboxylic acids is 1. The van der Waals surface area contributed by atoms with Gasteiger partial charge in [-0.15, -0.1) is 0 Å². The fraction of sp³-hybridized carbons (Fsp3) is 0.538. The van der Waals surface area contributed by atoms with Gasteiger partial charge in [0.05, 0.1) is 6.54 Å². The summed E-state index contributed by atoms with van der Waals surface area (Å²) in [4.78, 5) is 48.1. The molecule has 1 aliphatic rings. The summed E-state index contributed by atoms with van der Waals surface area (Å²) in [5.74, 6) is -1.77.